The largest absolute Gasteiger partial charge is 0.496 e. The van der Waals surface area contributed by atoms with Gasteiger partial charge in [-0.3, -0.25) is 9.59 Å². The van der Waals surface area contributed by atoms with Crippen molar-refractivity contribution in [3.05, 3.63) is 42.5 Å². The Bertz CT molecular complexity index is 486. The average molecular weight is 276 g/mol. The maximum absolute atomic E-state index is 12.0. The molecule has 0 aliphatic carbocycles. The van der Waals surface area contributed by atoms with E-state index in [1.807, 2.05) is 0 Å². The first-order chi connectivity index (χ1) is 9.60. The number of amides is 2. The molecule has 1 N–H and O–H groups in total. The van der Waals surface area contributed by atoms with E-state index >= 15 is 0 Å². The first kappa shape index (κ1) is 15.8. The highest BCUT2D eigenvalue weighted by atomic mass is 16.5. The van der Waals surface area contributed by atoms with Gasteiger partial charge in [0.05, 0.1) is 12.7 Å². The van der Waals surface area contributed by atoms with E-state index in [9.17, 15) is 9.59 Å². The van der Waals surface area contributed by atoms with Crippen LogP contribution in [0.2, 0.25) is 0 Å². The lowest BCUT2D eigenvalue weighted by Crippen LogP contribution is -2.37. The average Bonchev–Trinajstić information content (AvgIpc) is 2.45. The van der Waals surface area contributed by atoms with Gasteiger partial charge in [-0.15, -0.1) is 6.58 Å². The third-order valence-corrected chi connectivity index (χ3v) is 2.81. The number of hydrogen-bond donors (Lipinski definition) is 1. The number of carbonyl (C=O) groups is 2. The van der Waals surface area contributed by atoms with E-state index in [0.717, 1.165) is 0 Å². The molecule has 0 spiro atoms. The number of ether oxygens (including phenoxy) is 1. The normalized spacial score (nSPS) is 9.70. The second kappa shape index (κ2) is 7.99. The Balaban J connectivity index is 2.55. The summed E-state index contributed by atoms with van der Waals surface area (Å²) >= 11 is 0. The monoisotopic (exact) mass is 276 g/mol. The number of carbonyl (C=O) groups excluding carboxylic acids is 2. The zero-order valence-corrected chi connectivity index (χ0v) is 11.9. The van der Waals surface area contributed by atoms with E-state index in [-0.39, 0.29) is 11.8 Å². The van der Waals surface area contributed by atoms with Crippen molar-refractivity contribution in [1.82, 2.24) is 10.2 Å². The molecule has 1 aromatic carbocycles. The van der Waals surface area contributed by atoms with Gasteiger partial charge in [-0.1, -0.05) is 18.2 Å². The number of nitrogens with one attached hydrogen (secondary N) is 1. The summed E-state index contributed by atoms with van der Waals surface area (Å²) in [7, 11) is 1.52. The van der Waals surface area contributed by atoms with Gasteiger partial charge < -0.3 is 15.0 Å². The van der Waals surface area contributed by atoms with Crippen LogP contribution in [0.25, 0.3) is 0 Å². The van der Waals surface area contributed by atoms with Gasteiger partial charge in [0, 0.05) is 26.6 Å². The van der Waals surface area contributed by atoms with Gasteiger partial charge in [-0.05, 0) is 12.1 Å². The third-order valence-electron chi connectivity index (χ3n) is 2.81. The van der Waals surface area contributed by atoms with Crippen LogP contribution in [0.15, 0.2) is 36.9 Å². The number of para-hydroxylation sites is 1. The Morgan fingerprint density at radius 1 is 1.40 bits per heavy atom. The summed E-state index contributed by atoms with van der Waals surface area (Å²) in [5.41, 5.74) is 0.480. The Morgan fingerprint density at radius 2 is 2.10 bits per heavy atom. The van der Waals surface area contributed by atoms with Crippen LogP contribution in [0.5, 0.6) is 5.75 Å². The minimum absolute atomic E-state index is 0.0450. The molecule has 0 radical (unpaired) electrons. The van der Waals surface area contributed by atoms with Gasteiger partial charge in [-0.2, -0.15) is 0 Å². The van der Waals surface area contributed by atoms with Crippen molar-refractivity contribution < 1.29 is 14.3 Å². The van der Waals surface area contributed by atoms with Crippen molar-refractivity contribution in [3.63, 3.8) is 0 Å². The number of benzene rings is 1. The van der Waals surface area contributed by atoms with Gasteiger partial charge >= 0.3 is 0 Å². The highest BCUT2D eigenvalue weighted by Gasteiger charge is 2.12. The van der Waals surface area contributed by atoms with E-state index < -0.39 is 0 Å². The molecule has 1 aromatic rings. The topological polar surface area (TPSA) is 58.6 Å². The fraction of sp³-hybridized carbons (Fsp3) is 0.333. The molecule has 0 atom stereocenters. The molecular weight excluding hydrogens is 256 g/mol. The van der Waals surface area contributed by atoms with E-state index in [1.54, 1.807) is 35.2 Å². The van der Waals surface area contributed by atoms with Crippen LogP contribution >= 0.6 is 0 Å². The van der Waals surface area contributed by atoms with Crippen LogP contribution in [-0.2, 0) is 4.79 Å². The third kappa shape index (κ3) is 4.42. The summed E-state index contributed by atoms with van der Waals surface area (Å²) in [5, 5.41) is 2.77. The standard InChI is InChI=1S/C15H20N2O3/c1-4-10-17(12(2)18)11-9-16-15(19)13-7-5-6-8-14(13)20-3/h4-8H,1,9-11H2,2-3H3,(H,16,19). The van der Waals surface area contributed by atoms with Gasteiger partial charge in [0.2, 0.25) is 5.91 Å². The van der Waals surface area contributed by atoms with Crippen LogP contribution in [0.3, 0.4) is 0 Å². The number of rotatable bonds is 7. The molecule has 108 valence electrons. The van der Waals surface area contributed by atoms with Gasteiger partial charge in [0.15, 0.2) is 0 Å². The first-order valence-corrected chi connectivity index (χ1v) is 6.37. The first-order valence-electron chi connectivity index (χ1n) is 6.37. The molecule has 0 fully saturated rings. The number of nitrogens with zero attached hydrogens (tertiary/aromatic N) is 1. The van der Waals surface area contributed by atoms with Crippen molar-refractivity contribution >= 4 is 11.8 Å². The highest BCUT2D eigenvalue weighted by molar-refractivity contribution is 5.96. The molecule has 0 bridgehead atoms. The summed E-state index contributed by atoms with van der Waals surface area (Å²) in [5.74, 6) is 0.264. The summed E-state index contributed by atoms with van der Waals surface area (Å²) in [4.78, 5) is 25.0. The quantitative estimate of drug-likeness (QED) is 0.767. The summed E-state index contributed by atoms with van der Waals surface area (Å²) < 4.78 is 5.13. The lowest BCUT2D eigenvalue weighted by atomic mass is 10.2. The van der Waals surface area contributed by atoms with Crippen molar-refractivity contribution in [2.75, 3.05) is 26.7 Å². The van der Waals surface area contributed by atoms with Crippen molar-refractivity contribution in [1.29, 1.82) is 0 Å². The molecule has 5 heteroatoms. The van der Waals surface area contributed by atoms with Crippen LogP contribution in [0.1, 0.15) is 17.3 Å². The Labute approximate surface area is 119 Å². The van der Waals surface area contributed by atoms with E-state index in [4.69, 9.17) is 4.74 Å². The lowest BCUT2D eigenvalue weighted by Gasteiger charge is -2.19. The Kier molecular flexibility index (Phi) is 6.29. The summed E-state index contributed by atoms with van der Waals surface area (Å²) in [6, 6.07) is 7.00. The van der Waals surface area contributed by atoms with Gasteiger partial charge in [0.1, 0.15) is 5.75 Å². The number of hydrogen-bond acceptors (Lipinski definition) is 3. The summed E-state index contributed by atoms with van der Waals surface area (Å²) in [6.07, 6.45) is 1.66. The highest BCUT2D eigenvalue weighted by Crippen LogP contribution is 2.16. The predicted octanol–water partition coefficient (Wildman–Crippen LogP) is 1.46. The van der Waals surface area contributed by atoms with Gasteiger partial charge in [0.25, 0.3) is 5.91 Å². The molecular formula is C15H20N2O3. The summed E-state index contributed by atoms with van der Waals surface area (Å²) in [6.45, 7) is 6.39. The van der Waals surface area contributed by atoms with Crippen molar-refractivity contribution in [3.8, 4) is 5.75 Å². The van der Waals surface area contributed by atoms with E-state index in [0.29, 0.717) is 30.9 Å². The fourth-order valence-electron chi connectivity index (χ4n) is 1.76. The predicted molar refractivity (Wildman–Crippen MR) is 77.8 cm³/mol. The number of methoxy groups -OCH3 is 1. The molecule has 0 heterocycles. The zero-order valence-electron chi connectivity index (χ0n) is 11.9. The molecule has 0 saturated carbocycles. The maximum atomic E-state index is 12.0. The van der Waals surface area contributed by atoms with Crippen molar-refractivity contribution in [2.45, 2.75) is 6.92 Å². The molecule has 20 heavy (non-hydrogen) atoms. The van der Waals surface area contributed by atoms with Crippen LogP contribution in [-0.4, -0.2) is 43.5 Å². The second-order valence-electron chi connectivity index (χ2n) is 4.21. The van der Waals surface area contributed by atoms with Crippen molar-refractivity contribution in [2.24, 2.45) is 0 Å². The fourth-order valence-corrected chi connectivity index (χ4v) is 1.76. The molecule has 1 rings (SSSR count). The maximum Gasteiger partial charge on any atom is 0.255 e. The van der Waals surface area contributed by atoms with Crippen LogP contribution in [0, 0.1) is 0 Å². The Hall–Kier alpha value is -2.30. The molecule has 2 amide bonds. The lowest BCUT2D eigenvalue weighted by molar-refractivity contribution is -0.128. The van der Waals surface area contributed by atoms with Crippen LogP contribution < -0.4 is 10.1 Å². The second-order valence-corrected chi connectivity index (χ2v) is 4.21. The molecule has 0 aromatic heterocycles. The molecule has 0 unspecified atom stereocenters. The molecule has 0 saturated heterocycles. The minimum Gasteiger partial charge on any atom is -0.496 e. The smallest absolute Gasteiger partial charge is 0.255 e. The molecule has 5 nitrogen and oxygen atoms in total. The SMILES string of the molecule is C=CCN(CCNC(=O)c1ccccc1OC)C(C)=O. The minimum atomic E-state index is -0.218. The Morgan fingerprint density at radius 3 is 2.70 bits per heavy atom. The molecule has 0 aliphatic rings. The van der Waals surface area contributed by atoms with Crippen LogP contribution in [0.4, 0.5) is 0 Å². The van der Waals surface area contributed by atoms with Gasteiger partial charge in [-0.25, -0.2) is 0 Å². The zero-order chi connectivity index (χ0) is 15.0. The van der Waals surface area contributed by atoms with E-state index in [1.165, 1.54) is 14.0 Å². The van der Waals surface area contributed by atoms with E-state index in [2.05, 4.69) is 11.9 Å². The molecule has 0 aliphatic heterocycles.